The van der Waals surface area contributed by atoms with Crippen molar-refractivity contribution in [2.45, 2.75) is 32.4 Å². The van der Waals surface area contributed by atoms with E-state index in [2.05, 4.69) is 25.3 Å². The Labute approximate surface area is 166 Å². The molecular formula is C19H18N10. The van der Waals surface area contributed by atoms with Crippen LogP contribution in [-0.4, -0.2) is 39.7 Å². The van der Waals surface area contributed by atoms with Crippen LogP contribution in [-0.2, 0) is 6.54 Å². The van der Waals surface area contributed by atoms with Gasteiger partial charge in [-0.2, -0.15) is 10.4 Å². The van der Waals surface area contributed by atoms with E-state index in [9.17, 15) is 5.26 Å². The highest BCUT2D eigenvalue weighted by molar-refractivity contribution is 5.97. The van der Waals surface area contributed by atoms with Gasteiger partial charge in [0.25, 0.3) is 0 Å². The summed E-state index contributed by atoms with van der Waals surface area (Å²) in [5.41, 5.74) is 8.90. The van der Waals surface area contributed by atoms with Crippen LogP contribution >= 0.6 is 0 Å². The van der Waals surface area contributed by atoms with Crippen molar-refractivity contribution < 1.29 is 0 Å². The van der Waals surface area contributed by atoms with Crippen LogP contribution in [0.4, 0.5) is 5.82 Å². The number of nitrogen functional groups attached to an aromatic ring is 1. The molecule has 0 amide bonds. The van der Waals surface area contributed by atoms with Crippen molar-refractivity contribution in [3.05, 3.63) is 42.1 Å². The third-order valence-corrected chi connectivity index (χ3v) is 5.12. The van der Waals surface area contributed by atoms with Crippen LogP contribution in [0.3, 0.4) is 0 Å². The molecule has 0 spiro atoms. The minimum absolute atomic E-state index is 0.215. The molecule has 2 N–H and O–H groups in total. The van der Waals surface area contributed by atoms with Crippen LogP contribution in [0.2, 0.25) is 0 Å². The van der Waals surface area contributed by atoms with Gasteiger partial charge in [0.2, 0.25) is 0 Å². The second-order valence-corrected chi connectivity index (χ2v) is 7.26. The fourth-order valence-electron chi connectivity index (χ4n) is 3.36. The lowest BCUT2D eigenvalue weighted by atomic mass is 10.2. The summed E-state index contributed by atoms with van der Waals surface area (Å²) in [4.78, 5) is 12.9. The first-order valence-corrected chi connectivity index (χ1v) is 9.40. The molecule has 144 valence electrons. The highest BCUT2D eigenvalue weighted by atomic mass is 15.4. The molecule has 1 atom stereocenters. The van der Waals surface area contributed by atoms with Gasteiger partial charge in [0.15, 0.2) is 5.65 Å². The van der Waals surface area contributed by atoms with E-state index in [-0.39, 0.29) is 6.04 Å². The SMILES string of the molecule is CC(c1cn(CC2CC2)nn1)n1nc(-c2cccc(C#N)n2)c2c(N)ncnc21. The molecule has 29 heavy (non-hydrogen) atoms. The average molecular weight is 386 g/mol. The Kier molecular flexibility index (Phi) is 3.94. The van der Waals surface area contributed by atoms with Gasteiger partial charge in [-0.05, 0) is 37.8 Å². The van der Waals surface area contributed by atoms with E-state index in [0.717, 1.165) is 12.2 Å². The van der Waals surface area contributed by atoms with Crippen molar-refractivity contribution in [3.8, 4) is 17.5 Å². The third-order valence-electron chi connectivity index (χ3n) is 5.12. The number of pyridine rings is 1. The van der Waals surface area contributed by atoms with E-state index in [1.807, 2.05) is 23.9 Å². The van der Waals surface area contributed by atoms with Crippen LogP contribution in [0.1, 0.15) is 37.2 Å². The zero-order chi connectivity index (χ0) is 20.0. The molecule has 4 aromatic rings. The van der Waals surface area contributed by atoms with Crippen LogP contribution in [0, 0.1) is 17.2 Å². The number of anilines is 1. The molecule has 0 bridgehead atoms. The molecule has 1 fully saturated rings. The first-order chi connectivity index (χ1) is 14.1. The molecule has 10 nitrogen and oxygen atoms in total. The zero-order valence-corrected chi connectivity index (χ0v) is 15.8. The third kappa shape index (κ3) is 3.06. The van der Waals surface area contributed by atoms with E-state index in [1.165, 1.54) is 19.2 Å². The second kappa shape index (κ2) is 6.63. The lowest BCUT2D eigenvalue weighted by molar-refractivity contribution is 0.543. The standard InChI is InChI=1S/C19H18N10/c1-11(15-9-28(27-25-15)8-12-5-6-12)29-19-16(18(21)22-10-23-19)17(26-29)14-4-2-3-13(7-20)24-14/h2-4,9-12H,5-6,8H2,1H3,(H2,21,22,23). The summed E-state index contributed by atoms with van der Waals surface area (Å²) in [6, 6.07) is 7.03. The summed E-state index contributed by atoms with van der Waals surface area (Å²) >= 11 is 0. The van der Waals surface area contributed by atoms with Gasteiger partial charge >= 0.3 is 0 Å². The quantitative estimate of drug-likeness (QED) is 0.549. The molecule has 10 heteroatoms. The maximum absolute atomic E-state index is 9.18. The number of nitrogens with zero attached hydrogens (tertiary/aromatic N) is 9. The first kappa shape index (κ1) is 17.2. The maximum Gasteiger partial charge on any atom is 0.164 e. The van der Waals surface area contributed by atoms with Gasteiger partial charge in [-0.25, -0.2) is 19.6 Å². The predicted molar refractivity (Wildman–Crippen MR) is 104 cm³/mol. The van der Waals surface area contributed by atoms with Gasteiger partial charge in [-0.3, -0.25) is 4.68 Å². The molecule has 1 unspecified atom stereocenters. The molecule has 4 aromatic heterocycles. The zero-order valence-electron chi connectivity index (χ0n) is 15.8. The van der Waals surface area contributed by atoms with Crippen molar-refractivity contribution in [3.63, 3.8) is 0 Å². The highest BCUT2D eigenvalue weighted by Gasteiger charge is 2.25. The largest absolute Gasteiger partial charge is 0.383 e. The Morgan fingerprint density at radius 2 is 2.17 bits per heavy atom. The van der Waals surface area contributed by atoms with Crippen molar-refractivity contribution in [2.24, 2.45) is 5.92 Å². The minimum atomic E-state index is -0.215. The number of hydrogen-bond acceptors (Lipinski definition) is 8. The van der Waals surface area contributed by atoms with Gasteiger partial charge in [0.1, 0.15) is 35.3 Å². The summed E-state index contributed by atoms with van der Waals surface area (Å²) in [5, 5.41) is 23.1. The molecule has 0 aliphatic heterocycles. The van der Waals surface area contributed by atoms with Crippen LogP contribution in [0.25, 0.3) is 22.4 Å². The van der Waals surface area contributed by atoms with Crippen molar-refractivity contribution in [1.29, 1.82) is 5.26 Å². The Morgan fingerprint density at radius 1 is 1.31 bits per heavy atom. The molecule has 5 rings (SSSR count). The van der Waals surface area contributed by atoms with Gasteiger partial charge < -0.3 is 5.73 Å². The Morgan fingerprint density at radius 3 is 2.97 bits per heavy atom. The summed E-state index contributed by atoms with van der Waals surface area (Å²) in [7, 11) is 0. The molecular weight excluding hydrogens is 368 g/mol. The fraction of sp³-hybridized carbons (Fsp3) is 0.316. The Hall–Kier alpha value is -3.87. The van der Waals surface area contributed by atoms with Gasteiger partial charge in [-0.1, -0.05) is 11.3 Å². The van der Waals surface area contributed by atoms with E-state index in [1.54, 1.807) is 22.9 Å². The van der Waals surface area contributed by atoms with Crippen LogP contribution in [0.15, 0.2) is 30.7 Å². The lowest BCUT2D eigenvalue weighted by Crippen LogP contribution is -2.10. The normalized spacial score (nSPS) is 14.8. The number of nitriles is 1. The van der Waals surface area contributed by atoms with E-state index in [4.69, 9.17) is 10.8 Å². The molecule has 0 saturated heterocycles. The van der Waals surface area contributed by atoms with Crippen molar-refractivity contribution in [2.75, 3.05) is 5.73 Å². The first-order valence-electron chi connectivity index (χ1n) is 9.40. The molecule has 4 heterocycles. The molecule has 1 saturated carbocycles. The molecule has 1 aliphatic rings. The smallest absolute Gasteiger partial charge is 0.164 e. The topological polar surface area (TPSA) is 137 Å². The van der Waals surface area contributed by atoms with Gasteiger partial charge in [0.05, 0.1) is 23.3 Å². The molecule has 0 aromatic carbocycles. The van der Waals surface area contributed by atoms with Gasteiger partial charge in [-0.15, -0.1) is 5.10 Å². The van der Waals surface area contributed by atoms with Crippen molar-refractivity contribution in [1.82, 2.24) is 39.7 Å². The monoisotopic (exact) mass is 386 g/mol. The summed E-state index contributed by atoms with van der Waals surface area (Å²) in [6.45, 7) is 2.88. The minimum Gasteiger partial charge on any atom is -0.383 e. The summed E-state index contributed by atoms with van der Waals surface area (Å²) < 4.78 is 3.65. The maximum atomic E-state index is 9.18. The van der Waals surface area contributed by atoms with E-state index >= 15 is 0 Å². The van der Waals surface area contributed by atoms with Crippen molar-refractivity contribution >= 4 is 16.9 Å². The highest BCUT2D eigenvalue weighted by Crippen LogP contribution is 2.33. The van der Waals surface area contributed by atoms with Crippen LogP contribution in [0.5, 0.6) is 0 Å². The van der Waals surface area contributed by atoms with E-state index < -0.39 is 0 Å². The summed E-state index contributed by atoms with van der Waals surface area (Å²) in [5.74, 6) is 1.02. The second-order valence-electron chi connectivity index (χ2n) is 7.26. The Bertz CT molecular complexity index is 1240. The number of aromatic nitrogens is 8. The fourth-order valence-corrected chi connectivity index (χ4v) is 3.36. The number of fused-ring (bicyclic) bond motifs is 1. The van der Waals surface area contributed by atoms with Crippen LogP contribution < -0.4 is 5.73 Å². The number of nitrogens with two attached hydrogens (primary N) is 1. The number of rotatable bonds is 5. The Balaban J connectivity index is 1.61. The van der Waals surface area contributed by atoms with E-state index in [0.29, 0.717) is 39.9 Å². The average Bonchev–Trinajstić information content (AvgIpc) is 3.27. The predicted octanol–water partition coefficient (Wildman–Crippen LogP) is 1.95. The summed E-state index contributed by atoms with van der Waals surface area (Å²) in [6.07, 6.45) is 5.87. The lowest BCUT2D eigenvalue weighted by Gasteiger charge is -2.09. The molecule has 1 aliphatic carbocycles. The molecule has 0 radical (unpaired) electrons. The van der Waals surface area contributed by atoms with Gasteiger partial charge in [0, 0.05) is 6.54 Å². The number of hydrogen-bond donors (Lipinski definition) is 1.